The molecule has 12 heavy (non-hydrogen) atoms. The smallest absolute Gasteiger partial charge is 0.231 e. The lowest BCUT2D eigenvalue weighted by Crippen LogP contribution is -2.30. The van der Waals surface area contributed by atoms with Gasteiger partial charge in [-0.2, -0.15) is 0 Å². The standard InChI is InChI=1S/C7H11N3OS/c1-5(10-4-6(8)11)7-9-2-3-12-7/h2-3,5,10H,4H2,1H3,(H2,8,11). The van der Waals surface area contributed by atoms with E-state index in [0.29, 0.717) is 0 Å². The fourth-order valence-corrected chi connectivity index (χ4v) is 1.46. The first-order valence-electron chi connectivity index (χ1n) is 3.61. The van der Waals surface area contributed by atoms with Gasteiger partial charge in [0, 0.05) is 11.6 Å². The van der Waals surface area contributed by atoms with Crippen molar-refractivity contribution in [1.82, 2.24) is 10.3 Å². The van der Waals surface area contributed by atoms with Crippen molar-refractivity contribution in [3.8, 4) is 0 Å². The summed E-state index contributed by atoms with van der Waals surface area (Å²) in [6.45, 7) is 2.14. The fraction of sp³-hybridized carbons (Fsp3) is 0.429. The van der Waals surface area contributed by atoms with Crippen LogP contribution in [0.25, 0.3) is 0 Å². The van der Waals surface area contributed by atoms with Crippen LogP contribution in [0.1, 0.15) is 18.0 Å². The van der Waals surface area contributed by atoms with E-state index in [1.807, 2.05) is 12.3 Å². The molecule has 0 radical (unpaired) electrons. The summed E-state index contributed by atoms with van der Waals surface area (Å²) in [5.74, 6) is -0.349. The van der Waals surface area contributed by atoms with Gasteiger partial charge in [0.1, 0.15) is 5.01 Å². The summed E-state index contributed by atoms with van der Waals surface area (Å²) in [7, 11) is 0. The van der Waals surface area contributed by atoms with Gasteiger partial charge < -0.3 is 5.73 Å². The number of thiazole rings is 1. The predicted octanol–water partition coefficient (Wildman–Crippen LogP) is 0.279. The maximum Gasteiger partial charge on any atom is 0.231 e. The molecule has 4 nitrogen and oxygen atoms in total. The van der Waals surface area contributed by atoms with E-state index in [2.05, 4.69) is 10.3 Å². The zero-order valence-electron chi connectivity index (χ0n) is 6.78. The summed E-state index contributed by atoms with van der Waals surface area (Å²) >= 11 is 1.56. The van der Waals surface area contributed by atoms with Gasteiger partial charge >= 0.3 is 0 Å². The molecule has 0 aliphatic carbocycles. The maximum atomic E-state index is 10.4. The summed E-state index contributed by atoms with van der Waals surface area (Å²) in [5, 5.41) is 5.83. The zero-order valence-corrected chi connectivity index (χ0v) is 7.60. The lowest BCUT2D eigenvalue weighted by atomic mass is 10.3. The monoisotopic (exact) mass is 185 g/mol. The molecular formula is C7H11N3OS. The van der Waals surface area contributed by atoms with Crippen LogP contribution in [0, 0.1) is 0 Å². The summed E-state index contributed by atoms with van der Waals surface area (Å²) in [6.07, 6.45) is 1.74. The molecule has 1 rings (SSSR count). The number of hydrogen-bond donors (Lipinski definition) is 2. The predicted molar refractivity (Wildman–Crippen MR) is 47.7 cm³/mol. The first-order chi connectivity index (χ1) is 5.70. The number of nitrogens with one attached hydrogen (secondary N) is 1. The Morgan fingerprint density at radius 1 is 1.92 bits per heavy atom. The van der Waals surface area contributed by atoms with Crippen molar-refractivity contribution in [1.29, 1.82) is 0 Å². The molecule has 0 aliphatic rings. The Kier molecular flexibility index (Phi) is 3.19. The lowest BCUT2D eigenvalue weighted by molar-refractivity contribution is -0.117. The van der Waals surface area contributed by atoms with Crippen molar-refractivity contribution in [3.63, 3.8) is 0 Å². The molecule has 5 heteroatoms. The van der Waals surface area contributed by atoms with Crippen molar-refractivity contribution in [3.05, 3.63) is 16.6 Å². The number of nitrogens with two attached hydrogens (primary N) is 1. The van der Waals surface area contributed by atoms with Crippen LogP contribution in [-0.2, 0) is 4.79 Å². The largest absolute Gasteiger partial charge is 0.369 e. The summed E-state index contributed by atoms with van der Waals surface area (Å²) in [6, 6.07) is 0.0949. The van der Waals surface area contributed by atoms with Gasteiger partial charge in [-0.05, 0) is 6.92 Å². The molecule has 1 aromatic rings. The molecule has 0 aromatic carbocycles. The van der Waals surface area contributed by atoms with Gasteiger partial charge in [-0.15, -0.1) is 11.3 Å². The fourth-order valence-electron chi connectivity index (χ4n) is 0.789. The molecule has 1 atom stereocenters. The first-order valence-corrected chi connectivity index (χ1v) is 4.49. The van der Waals surface area contributed by atoms with Crippen LogP contribution in [-0.4, -0.2) is 17.4 Å². The van der Waals surface area contributed by atoms with Crippen molar-refractivity contribution >= 4 is 17.2 Å². The number of hydrogen-bond acceptors (Lipinski definition) is 4. The Labute approximate surface area is 74.8 Å². The molecule has 0 saturated heterocycles. The molecule has 0 fully saturated rings. The van der Waals surface area contributed by atoms with Crippen LogP contribution in [0.4, 0.5) is 0 Å². The van der Waals surface area contributed by atoms with E-state index in [9.17, 15) is 4.79 Å². The maximum absolute atomic E-state index is 10.4. The molecule has 1 aromatic heterocycles. The third kappa shape index (κ3) is 2.60. The third-order valence-corrected chi connectivity index (χ3v) is 2.36. The molecule has 0 aliphatic heterocycles. The van der Waals surface area contributed by atoms with Crippen LogP contribution >= 0.6 is 11.3 Å². The van der Waals surface area contributed by atoms with Gasteiger partial charge in [-0.3, -0.25) is 10.1 Å². The normalized spacial score (nSPS) is 12.8. The highest BCUT2D eigenvalue weighted by molar-refractivity contribution is 7.09. The molecule has 66 valence electrons. The molecule has 1 heterocycles. The van der Waals surface area contributed by atoms with Gasteiger partial charge in [0.15, 0.2) is 0 Å². The average Bonchev–Trinajstić information content (AvgIpc) is 2.51. The highest BCUT2D eigenvalue weighted by Crippen LogP contribution is 2.13. The van der Waals surface area contributed by atoms with Gasteiger partial charge in [0.05, 0.1) is 12.6 Å². The highest BCUT2D eigenvalue weighted by atomic mass is 32.1. The number of nitrogens with zero attached hydrogens (tertiary/aromatic N) is 1. The minimum absolute atomic E-state index is 0.0949. The van der Waals surface area contributed by atoms with Gasteiger partial charge in [0.25, 0.3) is 0 Å². The second-order valence-electron chi connectivity index (χ2n) is 2.44. The number of carbonyl (C=O) groups excluding carboxylic acids is 1. The van der Waals surface area contributed by atoms with Gasteiger partial charge in [-0.1, -0.05) is 0 Å². The zero-order chi connectivity index (χ0) is 8.97. The first kappa shape index (κ1) is 9.15. The number of carbonyl (C=O) groups is 1. The molecule has 3 N–H and O–H groups in total. The molecule has 1 amide bonds. The second-order valence-corrected chi connectivity index (χ2v) is 3.37. The van der Waals surface area contributed by atoms with Crippen molar-refractivity contribution in [2.45, 2.75) is 13.0 Å². The van der Waals surface area contributed by atoms with Crippen LogP contribution in [0.3, 0.4) is 0 Å². The van der Waals surface area contributed by atoms with Gasteiger partial charge in [0.2, 0.25) is 5.91 Å². The van der Waals surface area contributed by atoms with Crippen LogP contribution < -0.4 is 11.1 Å². The topological polar surface area (TPSA) is 68.0 Å². The van der Waals surface area contributed by atoms with Gasteiger partial charge in [-0.25, -0.2) is 4.98 Å². The van der Waals surface area contributed by atoms with Crippen molar-refractivity contribution < 1.29 is 4.79 Å². The Morgan fingerprint density at radius 2 is 2.67 bits per heavy atom. The molecule has 0 spiro atoms. The number of amides is 1. The Balaban J connectivity index is 2.39. The Morgan fingerprint density at radius 3 is 3.17 bits per heavy atom. The minimum atomic E-state index is -0.349. The SMILES string of the molecule is CC(NCC(N)=O)c1nccs1. The average molecular weight is 185 g/mol. The molecule has 0 bridgehead atoms. The van der Waals surface area contributed by atoms with Crippen molar-refractivity contribution in [2.75, 3.05) is 6.54 Å². The van der Waals surface area contributed by atoms with E-state index >= 15 is 0 Å². The van der Waals surface area contributed by atoms with E-state index in [-0.39, 0.29) is 18.5 Å². The third-order valence-electron chi connectivity index (χ3n) is 1.40. The summed E-state index contributed by atoms with van der Waals surface area (Å²) in [5.41, 5.74) is 4.98. The van der Waals surface area contributed by atoms with E-state index in [4.69, 9.17) is 5.73 Å². The Bertz CT molecular complexity index is 247. The molecular weight excluding hydrogens is 174 g/mol. The molecule has 1 unspecified atom stereocenters. The van der Waals surface area contributed by atoms with Crippen LogP contribution in [0.5, 0.6) is 0 Å². The quantitative estimate of drug-likeness (QED) is 0.708. The second kappa shape index (κ2) is 4.18. The number of rotatable bonds is 4. The van der Waals surface area contributed by atoms with E-state index in [0.717, 1.165) is 5.01 Å². The number of primary amides is 1. The van der Waals surface area contributed by atoms with Crippen LogP contribution in [0.15, 0.2) is 11.6 Å². The Hall–Kier alpha value is -0.940. The summed E-state index contributed by atoms with van der Waals surface area (Å²) < 4.78 is 0. The van der Waals surface area contributed by atoms with Crippen LogP contribution in [0.2, 0.25) is 0 Å². The van der Waals surface area contributed by atoms with Crippen molar-refractivity contribution in [2.24, 2.45) is 5.73 Å². The lowest BCUT2D eigenvalue weighted by Gasteiger charge is -2.07. The summed E-state index contributed by atoms with van der Waals surface area (Å²) in [4.78, 5) is 14.5. The number of aromatic nitrogens is 1. The van der Waals surface area contributed by atoms with E-state index in [1.54, 1.807) is 17.5 Å². The van der Waals surface area contributed by atoms with E-state index in [1.165, 1.54) is 0 Å². The highest BCUT2D eigenvalue weighted by Gasteiger charge is 2.07. The molecule has 0 saturated carbocycles. The van der Waals surface area contributed by atoms with E-state index < -0.39 is 0 Å². The minimum Gasteiger partial charge on any atom is -0.369 e.